The summed E-state index contributed by atoms with van der Waals surface area (Å²) in [4.78, 5) is 18.4. The lowest BCUT2D eigenvalue weighted by atomic mass is 10.2. The number of amides is 1. The Morgan fingerprint density at radius 1 is 1.29 bits per heavy atom. The summed E-state index contributed by atoms with van der Waals surface area (Å²) >= 11 is 0. The van der Waals surface area contributed by atoms with E-state index < -0.39 is 16.1 Å². The first-order valence-electron chi connectivity index (χ1n) is 7.36. The number of carbonyl (C=O) groups is 1. The number of nitrogens with one attached hydrogen (secondary N) is 1. The molecule has 3 rings (SSSR count). The number of nitrogens with zero attached hydrogens (tertiary/aromatic N) is 2. The van der Waals surface area contributed by atoms with E-state index in [9.17, 15) is 13.2 Å². The van der Waals surface area contributed by atoms with Crippen molar-refractivity contribution in [3.63, 3.8) is 0 Å². The van der Waals surface area contributed by atoms with Gasteiger partial charge in [0.25, 0.3) is 10.0 Å². The third-order valence-electron chi connectivity index (χ3n) is 3.69. The third-order valence-corrected chi connectivity index (χ3v) is 5.09. The molecule has 0 bridgehead atoms. The molecule has 126 valence electrons. The molecule has 0 saturated carbocycles. The summed E-state index contributed by atoms with van der Waals surface area (Å²) < 4.78 is 31.7. The standard InChI is InChI=1S/C16H17N3O4S/c1-11(16(20)19(2)10-12-6-5-9-23-12)17-15-13-7-3-4-8-14(13)24(21,22)18-15/h3-9,11H,10H2,1-2H3,(H,17,18)/t11-/m0/s1. The van der Waals surface area contributed by atoms with Gasteiger partial charge >= 0.3 is 0 Å². The van der Waals surface area contributed by atoms with Gasteiger partial charge in [0.2, 0.25) is 5.91 Å². The number of carbonyl (C=O) groups excluding carboxylic acids is 1. The molecule has 0 saturated heterocycles. The molecule has 24 heavy (non-hydrogen) atoms. The number of rotatable bonds is 4. The summed E-state index contributed by atoms with van der Waals surface area (Å²) in [5.74, 6) is 0.623. The highest BCUT2D eigenvalue weighted by atomic mass is 32.2. The van der Waals surface area contributed by atoms with Crippen LogP contribution < -0.4 is 4.72 Å². The minimum atomic E-state index is -3.61. The van der Waals surface area contributed by atoms with Crippen LogP contribution in [0.1, 0.15) is 18.2 Å². The van der Waals surface area contributed by atoms with Gasteiger partial charge in [-0.15, -0.1) is 0 Å². The highest BCUT2D eigenvalue weighted by Gasteiger charge is 2.31. The third kappa shape index (κ3) is 3.05. The van der Waals surface area contributed by atoms with Gasteiger partial charge in [0.1, 0.15) is 17.6 Å². The van der Waals surface area contributed by atoms with Crippen molar-refractivity contribution in [2.45, 2.75) is 24.4 Å². The predicted molar refractivity (Wildman–Crippen MR) is 87.9 cm³/mol. The number of sulfonamides is 1. The van der Waals surface area contributed by atoms with Crippen LogP contribution in [0.25, 0.3) is 0 Å². The van der Waals surface area contributed by atoms with Crippen molar-refractivity contribution >= 4 is 21.8 Å². The molecule has 1 aromatic carbocycles. The van der Waals surface area contributed by atoms with Gasteiger partial charge in [-0.2, -0.15) is 0 Å². The van der Waals surface area contributed by atoms with Crippen molar-refractivity contribution in [3.05, 3.63) is 54.0 Å². The summed E-state index contributed by atoms with van der Waals surface area (Å²) in [6.45, 7) is 1.95. The molecule has 0 fully saturated rings. The second-order valence-electron chi connectivity index (χ2n) is 5.53. The van der Waals surface area contributed by atoms with Gasteiger partial charge in [-0.1, -0.05) is 12.1 Å². The van der Waals surface area contributed by atoms with Gasteiger partial charge in [0, 0.05) is 12.6 Å². The van der Waals surface area contributed by atoms with Crippen LogP contribution in [-0.2, 0) is 21.4 Å². The van der Waals surface area contributed by atoms with Crippen LogP contribution in [0.4, 0.5) is 0 Å². The summed E-state index contributed by atoms with van der Waals surface area (Å²) in [5, 5.41) is 0. The summed E-state index contributed by atoms with van der Waals surface area (Å²) in [6, 6.07) is 9.35. The molecule has 1 N–H and O–H groups in total. The molecule has 2 aromatic rings. The minimum absolute atomic E-state index is 0.173. The van der Waals surface area contributed by atoms with Crippen LogP contribution >= 0.6 is 0 Å². The zero-order valence-corrected chi connectivity index (χ0v) is 14.1. The molecule has 0 radical (unpaired) electrons. The van der Waals surface area contributed by atoms with E-state index in [4.69, 9.17) is 4.42 Å². The molecular weight excluding hydrogens is 330 g/mol. The van der Waals surface area contributed by atoms with Crippen LogP contribution in [0.3, 0.4) is 0 Å². The van der Waals surface area contributed by atoms with Crippen molar-refractivity contribution in [2.75, 3.05) is 7.05 Å². The van der Waals surface area contributed by atoms with E-state index in [1.54, 1.807) is 50.6 Å². The van der Waals surface area contributed by atoms with Crippen LogP contribution in [0, 0.1) is 0 Å². The lowest BCUT2D eigenvalue weighted by molar-refractivity contribution is -0.131. The molecule has 1 aromatic heterocycles. The fourth-order valence-electron chi connectivity index (χ4n) is 2.51. The quantitative estimate of drug-likeness (QED) is 0.904. The molecule has 0 spiro atoms. The van der Waals surface area contributed by atoms with Crippen molar-refractivity contribution in [3.8, 4) is 0 Å². The topological polar surface area (TPSA) is 92.0 Å². The Morgan fingerprint density at radius 2 is 2.04 bits per heavy atom. The summed E-state index contributed by atoms with van der Waals surface area (Å²) in [6.07, 6.45) is 1.54. The van der Waals surface area contributed by atoms with Crippen molar-refractivity contribution < 1.29 is 17.6 Å². The first kappa shape index (κ1) is 16.3. The maximum Gasteiger partial charge on any atom is 0.263 e. The molecule has 2 heterocycles. The SMILES string of the molecule is C[C@H](N=C1NS(=O)(=O)c2ccccc21)C(=O)N(C)Cc1ccco1. The fourth-order valence-corrected chi connectivity index (χ4v) is 3.75. The van der Waals surface area contributed by atoms with Gasteiger partial charge in [-0.25, -0.2) is 8.42 Å². The number of likely N-dealkylation sites (N-methyl/N-ethyl adjacent to an activating group) is 1. The monoisotopic (exact) mass is 347 g/mol. The zero-order valence-electron chi connectivity index (χ0n) is 13.3. The summed E-state index contributed by atoms with van der Waals surface area (Å²) in [7, 11) is -1.96. The molecule has 1 aliphatic heterocycles. The fraction of sp³-hybridized carbons (Fsp3) is 0.250. The van der Waals surface area contributed by atoms with Gasteiger partial charge in [0.05, 0.1) is 17.7 Å². The van der Waals surface area contributed by atoms with Gasteiger partial charge in [-0.05, 0) is 31.2 Å². The van der Waals surface area contributed by atoms with E-state index in [2.05, 4.69) is 9.71 Å². The smallest absolute Gasteiger partial charge is 0.263 e. The maximum atomic E-state index is 12.4. The van der Waals surface area contributed by atoms with E-state index >= 15 is 0 Å². The van der Waals surface area contributed by atoms with Gasteiger partial charge in [0.15, 0.2) is 0 Å². The van der Waals surface area contributed by atoms with Crippen molar-refractivity contribution in [1.82, 2.24) is 9.62 Å². The minimum Gasteiger partial charge on any atom is -0.467 e. The van der Waals surface area contributed by atoms with E-state index in [1.807, 2.05) is 0 Å². The Labute approximate surface area is 140 Å². The van der Waals surface area contributed by atoms with Gasteiger partial charge in [-0.3, -0.25) is 14.5 Å². The van der Waals surface area contributed by atoms with Crippen molar-refractivity contribution in [1.29, 1.82) is 0 Å². The number of fused-ring (bicyclic) bond motifs is 1. The number of furan rings is 1. The van der Waals surface area contributed by atoms with E-state index in [-0.39, 0.29) is 16.6 Å². The largest absolute Gasteiger partial charge is 0.467 e. The molecule has 1 amide bonds. The average molecular weight is 347 g/mol. The Morgan fingerprint density at radius 3 is 2.75 bits per heavy atom. The van der Waals surface area contributed by atoms with Crippen LogP contribution in [0.5, 0.6) is 0 Å². The van der Waals surface area contributed by atoms with E-state index in [0.29, 0.717) is 17.9 Å². The molecule has 8 heteroatoms. The highest BCUT2D eigenvalue weighted by molar-refractivity contribution is 7.90. The highest BCUT2D eigenvalue weighted by Crippen LogP contribution is 2.22. The second kappa shape index (κ2) is 6.12. The summed E-state index contributed by atoms with van der Waals surface area (Å²) in [5.41, 5.74) is 0.478. The van der Waals surface area contributed by atoms with Crippen LogP contribution in [0.2, 0.25) is 0 Å². The molecule has 0 unspecified atom stereocenters. The molecule has 1 aliphatic rings. The second-order valence-corrected chi connectivity index (χ2v) is 7.18. The van der Waals surface area contributed by atoms with E-state index in [1.165, 1.54) is 11.0 Å². The Bertz CT molecular complexity index is 888. The maximum absolute atomic E-state index is 12.4. The lowest BCUT2D eigenvalue weighted by Crippen LogP contribution is -2.35. The number of benzene rings is 1. The number of hydrogen-bond acceptors (Lipinski definition) is 5. The Kier molecular flexibility index (Phi) is 4.15. The molecule has 1 atom stereocenters. The Balaban J connectivity index is 1.80. The van der Waals surface area contributed by atoms with Crippen LogP contribution in [0.15, 0.2) is 57.0 Å². The van der Waals surface area contributed by atoms with Crippen molar-refractivity contribution in [2.24, 2.45) is 4.99 Å². The van der Waals surface area contributed by atoms with Crippen LogP contribution in [-0.4, -0.2) is 38.2 Å². The lowest BCUT2D eigenvalue weighted by Gasteiger charge is -2.18. The normalized spacial score (nSPS) is 18.0. The average Bonchev–Trinajstić information content (AvgIpc) is 3.14. The zero-order chi connectivity index (χ0) is 17.3. The molecule has 7 nitrogen and oxygen atoms in total. The number of hydrogen-bond donors (Lipinski definition) is 1. The molecular formula is C16H17N3O4S. The predicted octanol–water partition coefficient (Wildman–Crippen LogP) is 1.37. The first-order chi connectivity index (χ1) is 11.4. The van der Waals surface area contributed by atoms with Gasteiger partial charge < -0.3 is 9.32 Å². The number of aliphatic imine (C=N–C) groups is 1. The Hall–Kier alpha value is -2.61. The number of amidine groups is 1. The first-order valence-corrected chi connectivity index (χ1v) is 8.84. The van der Waals surface area contributed by atoms with E-state index in [0.717, 1.165) is 0 Å². The molecule has 0 aliphatic carbocycles.